The van der Waals surface area contributed by atoms with Gasteiger partial charge in [0, 0.05) is 17.1 Å². The van der Waals surface area contributed by atoms with Crippen LogP contribution >= 0.6 is 11.6 Å². The van der Waals surface area contributed by atoms with E-state index in [1.807, 2.05) is 35.2 Å². The van der Waals surface area contributed by atoms with Crippen molar-refractivity contribution in [1.82, 2.24) is 4.90 Å². The highest BCUT2D eigenvalue weighted by Gasteiger charge is 2.35. The molecule has 3 heteroatoms. The van der Waals surface area contributed by atoms with Crippen molar-refractivity contribution in [2.24, 2.45) is 0 Å². The zero-order chi connectivity index (χ0) is 13.2. The Labute approximate surface area is 118 Å². The fraction of sp³-hybridized carbons (Fsp3) is 0.312. The maximum Gasteiger partial charge on any atom is 0.247 e. The fourth-order valence-corrected chi connectivity index (χ4v) is 3.12. The topological polar surface area (TPSA) is 20.3 Å². The quantitative estimate of drug-likeness (QED) is 0.595. The van der Waals surface area contributed by atoms with Crippen molar-refractivity contribution < 1.29 is 4.79 Å². The third-order valence-electron chi connectivity index (χ3n) is 3.88. The molecule has 1 amide bonds. The summed E-state index contributed by atoms with van der Waals surface area (Å²) in [5.41, 5.74) is 0.886. The molecule has 1 aromatic rings. The Kier molecular flexibility index (Phi) is 3.43. The highest BCUT2D eigenvalue weighted by atomic mass is 35.5. The molecule has 0 aliphatic carbocycles. The number of amides is 1. The molecule has 1 saturated heterocycles. The van der Waals surface area contributed by atoms with Crippen LogP contribution in [-0.2, 0) is 4.79 Å². The molecule has 2 aliphatic rings. The van der Waals surface area contributed by atoms with Gasteiger partial charge in [-0.3, -0.25) is 4.79 Å². The number of carbonyl (C=O) groups excluding carboxylic acids is 1. The van der Waals surface area contributed by atoms with Crippen LogP contribution in [0.5, 0.6) is 0 Å². The molecule has 98 valence electrons. The van der Waals surface area contributed by atoms with Gasteiger partial charge in [0.2, 0.25) is 5.91 Å². The minimum Gasteiger partial charge on any atom is -0.329 e. The second-order valence-electron chi connectivity index (χ2n) is 5.06. The first-order valence-electron chi connectivity index (χ1n) is 6.67. The van der Waals surface area contributed by atoms with Crippen LogP contribution in [0.15, 0.2) is 42.5 Å². The predicted octanol–water partition coefficient (Wildman–Crippen LogP) is 3.67. The summed E-state index contributed by atoms with van der Waals surface area (Å²) in [6.45, 7) is 0. The minimum absolute atomic E-state index is 0.0942. The van der Waals surface area contributed by atoms with Crippen LogP contribution in [-0.4, -0.2) is 22.9 Å². The van der Waals surface area contributed by atoms with Crippen molar-refractivity contribution in [3.63, 3.8) is 0 Å². The van der Waals surface area contributed by atoms with E-state index in [-0.39, 0.29) is 5.91 Å². The van der Waals surface area contributed by atoms with E-state index >= 15 is 0 Å². The molecule has 3 rings (SSSR count). The summed E-state index contributed by atoms with van der Waals surface area (Å²) in [4.78, 5) is 14.3. The van der Waals surface area contributed by atoms with Gasteiger partial charge in [-0.1, -0.05) is 42.0 Å². The monoisotopic (exact) mass is 273 g/mol. The van der Waals surface area contributed by atoms with Crippen LogP contribution in [0.4, 0.5) is 0 Å². The molecule has 19 heavy (non-hydrogen) atoms. The highest BCUT2D eigenvalue weighted by molar-refractivity contribution is 6.32. The van der Waals surface area contributed by atoms with Gasteiger partial charge in [-0.05, 0) is 37.0 Å². The van der Waals surface area contributed by atoms with Crippen LogP contribution in [0, 0.1) is 0 Å². The van der Waals surface area contributed by atoms with Crippen LogP contribution in [0.25, 0.3) is 6.08 Å². The molecule has 2 nitrogen and oxygen atoms in total. The summed E-state index contributed by atoms with van der Waals surface area (Å²) < 4.78 is 0. The summed E-state index contributed by atoms with van der Waals surface area (Å²) in [6.07, 6.45) is 11.0. The van der Waals surface area contributed by atoms with Gasteiger partial charge in [0.15, 0.2) is 0 Å². The number of rotatable bonds is 2. The van der Waals surface area contributed by atoms with Gasteiger partial charge in [-0.25, -0.2) is 0 Å². The summed E-state index contributed by atoms with van der Waals surface area (Å²) >= 11 is 6.08. The lowest BCUT2D eigenvalue weighted by atomic mass is 10.1. The summed E-state index contributed by atoms with van der Waals surface area (Å²) in [5.74, 6) is 0.0942. The van der Waals surface area contributed by atoms with E-state index in [9.17, 15) is 4.79 Å². The molecule has 2 heterocycles. The van der Waals surface area contributed by atoms with Crippen LogP contribution in [0.1, 0.15) is 24.8 Å². The Bertz CT molecular complexity index is 549. The maximum absolute atomic E-state index is 12.3. The van der Waals surface area contributed by atoms with Crippen LogP contribution < -0.4 is 0 Å². The highest BCUT2D eigenvalue weighted by Crippen LogP contribution is 2.31. The molecule has 0 saturated carbocycles. The molecular formula is C16H16ClNO. The molecule has 1 fully saturated rings. The molecule has 2 atom stereocenters. The molecule has 2 unspecified atom stereocenters. The van der Waals surface area contributed by atoms with Crippen molar-refractivity contribution in [2.45, 2.75) is 31.3 Å². The van der Waals surface area contributed by atoms with Crippen LogP contribution in [0.3, 0.4) is 0 Å². The molecule has 0 N–H and O–H groups in total. The molecule has 0 aromatic heterocycles. The number of fused-ring (bicyclic) bond motifs is 2. The first kappa shape index (κ1) is 12.5. The van der Waals surface area contributed by atoms with Gasteiger partial charge in [0.1, 0.15) is 0 Å². The number of nitrogens with zero attached hydrogens (tertiary/aromatic N) is 1. The number of halogens is 1. The number of hydrogen-bond acceptors (Lipinski definition) is 1. The Balaban J connectivity index is 1.76. The Morgan fingerprint density at radius 3 is 2.95 bits per heavy atom. The fourth-order valence-electron chi connectivity index (χ4n) is 2.93. The number of hydrogen-bond donors (Lipinski definition) is 0. The van der Waals surface area contributed by atoms with Gasteiger partial charge >= 0.3 is 0 Å². The third kappa shape index (κ3) is 2.45. The lowest BCUT2D eigenvalue weighted by Gasteiger charge is -2.30. The molecule has 2 aliphatic heterocycles. The average molecular weight is 274 g/mol. The smallest absolute Gasteiger partial charge is 0.247 e. The van der Waals surface area contributed by atoms with Crippen molar-refractivity contribution in [1.29, 1.82) is 0 Å². The largest absolute Gasteiger partial charge is 0.329 e. The van der Waals surface area contributed by atoms with E-state index < -0.39 is 0 Å². The normalized spacial score (nSPS) is 25.2. The van der Waals surface area contributed by atoms with Gasteiger partial charge in [-0.2, -0.15) is 0 Å². The standard InChI is InChI=1S/C16H16ClNO/c17-15-7-2-1-4-12(15)8-11-16(19)18-13-5-3-6-14(18)10-9-13/h1-5,7-8,11,13-14H,6,9-10H2/b11-8+. The van der Waals surface area contributed by atoms with E-state index in [1.54, 1.807) is 6.08 Å². The van der Waals surface area contributed by atoms with Gasteiger partial charge < -0.3 is 4.90 Å². The zero-order valence-corrected chi connectivity index (χ0v) is 11.4. The van der Waals surface area contributed by atoms with Crippen LogP contribution in [0.2, 0.25) is 5.02 Å². The zero-order valence-electron chi connectivity index (χ0n) is 10.6. The SMILES string of the molecule is O=C(/C=C/c1ccccc1Cl)N1C2C=CCC1CC2. The third-order valence-corrected chi connectivity index (χ3v) is 4.22. The minimum atomic E-state index is 0.0942. The first-order valence-corrected chi connectivity index (χ1v) is 7.05. The van der Waals surface area contributed by atoms with Crippen molar-refractivity contribution >= 4 is 23.6 Å². The van der Waals surface area contributed by atoms with Crippen molar-refractivity contribution in [2.75, 3.05) is 0 Å². The second kappa shape index (κ2) is 5.22. The molecule has 0 radical (unpaired) electrons. The Morgan fingerprint density at radius 1 is 1.32 bits per heavy atom. The van der Waals surface area contributed by atoms with Gasteiger partial charge in [0.05, 0.1) is 6.04 Å². The molecule has 0 spiro atoms. The van der Waals surface area contributed by atoms with E-state index in [1.165, 1.54) is 0 Å². The molecule has 1 aromatic carbocycles. The van der Waals surface area contributed by atoms with E-state index in [2.05, 4.69) is 12.2 Å². The Hall–Kier alpha value is -1.54. The Morgan fingerprint density at radius 2 is 2.16 bits per heavy atom. The molecular weight excluding hydrogens is 258 g/mol. The van der Waals surface area contributed by atoms with E-state index in [0.29, 0.717) is 17.1 Å². The molecule has 2 bridgehead atoms. The number of benzene rings is 1. The lowest BCUT2D eigenvalue weighted by Crippen LogP contribution is -2.41. The van der Waals surface area contributed by atoms with Crippen molar-refractivity contribution in [3.05, 3.63) is 53.1 Å². The predicted molar refractivity (Wildman–Crippen MR) is 77.9 cm³/mol. The lowest BCUT2D eigenvalue weighted by molar-refractivity contribution is -0.128. The van der Waals surface area contributed by atoms with E-state index in [4.69, 9.17) is 11.6 Å². The van der Waals surface area contributed by atoms with Gasteiger partial charge in [0.25, 0.3) is 0 Å². The summed E-state index contributed by atoms with van der Waals surface area (Å²) in [5, 5.41) is 0.674. The number of carbonyl (C=O) groups is 1. The summed E-state index contributed by atoms with van der Waals surface area (Å²) in [7, 11) is 0. The maximum atomic E-state index is 12.3. The average Bonchev–Trinajstić information content (AvgIpc) is 2.67. The van der Waals surface area contributed by atoms with Gasteiger partial charge in [-0.15, -0.1) is 0 Å². The second-order valence-corrected chi connectivity index (χ2v) is 5.47. The first-order chi connectivity index (χ1) is 9.25. The summed E-state index contributed by atoms with van der Waals surface area (Å²) in [6, 6.07) is 8.23. The van der Waals surface area contributed by atoms with E-state index in [0.717, 1.165) is 24.8 Å². The van der Waals surface area contributed by atoms with Crippen molar-refractivity contribution in [3.8, 4) is 0 Å².